The fourth-order valence-corrected chi connectivity index (χ4v) is 6.56. The predicted molar refractivity (Wildman–Crippen MR) is 177 cm³/mol. The number of likely N-dealkylation sites (N-methyl/N-ethyl adjacent to an activating group) is 1. The minimum absolute atomic E-state index is 0.00347. The van der Waals surface area contributed by atoms with Crippen molar-refractivity contribution in [1.82, 2.24) is 10.2 Å². The van der Waals surface area contributed by atoms with Gasteiger partial charge in [-0.25, -0.2) is 8.42 Å². The summed E-state index contributed by atoms with van der Waals surface area (Å²) in [5.74, 6) is -0.908. The topological polar surface area (TPSA) is 86.8 Å². The molecule has 0 unspecified atom stereocenters. The Hall–Kier alpha value is -3.85. The first-order valence-corrected chi connectivity index (χ1v) is 16.4. The van der Waals surface area contributed by atoms with E-state index in [1.54, 1.807) is 55.5 Å². The molecule has 0 aromatic heterocycles. The molecule has 0 fully saturated rings. The molecule has 2 amide bonds. The number of carbonyl (C=O) groups is 2. The van der Waals surface area contributed by atoms with Crippen LogP contribution in [0.25, 0.3) is 0 Å². The summed E-state index contributed by atoms with van der Waals surface area (Å²) >= 11 is 12.5. The van der Waals surface area contributed by atoms with Gasteiger partial charge in [-0.05, 0) is 79.4 Å². The Morgan fingerprint density at radius 3 is 2.07 bits per heavy atom. The monoisotopic (exact) mass is 651 g/mol. The lowest BCUT2D eigenvalue weighted by Crippen LogP contribution is -2.53. The van der Waals surface area contributed by atoms with Crippen LogP contribution in [0, 0.1) is 13.8 Å². The van der Waals surface area contributed by atoms with Gasteiger partial charge >= 0.3 is 0 Å². The zero-order chi connectivity index (χ0) is 31.9. The molecule has 4 rings (SSSR count). The molecular formula is C34H35Cl2N3O4S. The largest absolute Gasteiger partial charge is 0.355 e. The van der Waals surface area contributed by atoms with E-state index in [9.17, 15) is 18.0 Å². The van der Waals surface area contributed by atoms with E-state index in [1.807, 2.05) is 50.2 Å². The van der Waals surface area contributed by atoms with Crippen LogP contribution in [0.4, 0.5) is 5.69 Å². The minimum Gasteiger partial charge on any atom is -0.355 e. The number of rotatable bonds is 12. The highest BCUT2D eigenvalue weighted by molar-refractivity contribution is 7.92. The minimum atomic E-state index is -4.17. The Labute approximate surface area is 269 Å². The van der Waals surface area contributed by atoms with E-state index in [0.29, 0.717) is 27.8 Å². The van der Waals surface area contributed by atoms with Crippen LogP contribution >= 0.6 is 23.2 Å². The zero-order valence-electron chi connectivity index (χ0n) is 24.8. The van der Waals surface area contributed by atoms with Gasteiger partial charge in [0.1, 0.15) is 12.6 Å². The van der Waals surface area contributed by atoms with E-state index in [2.05, 4.69) is 5.32 Å². The number of hydrogen-bond donors (Lipinski definition) is 1. The molecule has 1 atom stereocenters. The summed E-state index contributed by atoms with van der Waals surface area (Å²) in [7, 11) is -4.17. The molecule has 0 bridgehead atoms. The summed E-state index contributed by atoms with van der Waals surface area (Å²) in [6.07, 6.45) is 0.217. The lowest BCUT2D eigenvalue weighted by atomic mass is 10.0. The van der Waals surface area contributed by atoms with E-state index < -0.39 is 28.5 Å². The molecule has 7 nitrogen and oxygen atoms in total. The molecule has 44 heavy (non-hydrogen) atoms. The summed E-state index contributed by atoms with van der Waals surface area (Å²) in [5.41, 5.74) is 3.69. The number of aryl methyl sites for hydroxylation is 2. The maximum Gasteiger partial charge on any atom is 0.264 e. The Kier molecular flexibility index (Phi) is 11.1. The fourth-order valence-electron chi connectivity index (χ4n) is 4.81. The van der Waals surface area contributed by atoms with E-state index >= 15 is 0 Å². The van der Waals surface area contributed by atoms with Gasteiger partial charge in [0.05, 0.1) is 20.6 Å². The van der Waals surface area contributed by atoms with Gasteiger partial charge in [-0.3, -0.25) is 13.9 Å². The summed E-state index contributed by atoms with van der Waals surface area (Å²) < 4.78 is 29.2. The van der Waals surface area contributed by atoms with Gasteiger partial charge in [0.2, 0.25) is 11.8 Å². The highest BCUT2D eigenvalue weighted by Crippen LogP contribution is 2.28. The van der Waals surface area contributed by atoms with Gasteiger partial charge in [-0.2, -0.15) is 0 Å². The average Bonchev–Trinajstić information content (AvgIpc) is 3.01. The second-order valence-corrected chi connectivity index (χ2v) is 13.1. The van der Waals surface area contributed by atoms with Crippen molar-refractivity contribution in [3.63, 3.8) is 0 Å². The number of benzene rings is 4. The van der Waals surface area contributed by atoms with Crippen molar-refractivity contribution in [1.29, 1.82) is 0 Å². The number of sulfonamides is 1. The Bertz CT molecular complexity index is 1720. The summed E-state index contributed by atoms with van der Waals surface area (Å²) in [5, 5.41) is 3.51. The van der Waals surface area contributed by atoms with Crippen molar-refractivity contribution in [2.24, 2.45) is 0 Å². The molecule has 0 saturated carbocycles. The van der Waals surface area contributed by atoms with Gasteiger partial charge in [-0.15, -0.1) is 0 Å². The van der Waals surface area contributed by atoms with Crippen LogP contribution in [0.3, 0.4) is 0 Å². The van der Waals surface area contributed by atoms with Crippen molar-refractivity contribution in [2.75, 3.05) is 17.4 Å². The van der Waals surface area contributed by atoms with Gasteiger partial charge in [0, 0.05) is 19.5 Å². The average molecular weight is 653 g/mol. The number of hydrogen-bond acceptors (Lipinski definition) is 4. The van der Waals surface area contributed by atoms with Crippen LogP contribution in [-0.2, 0) is 32.6 Å². The second-order valence-electron chi connectivity index (χ2n) is 10.5. The maximum atomic E-state index is 14.4. The van der Waals surface area contributed by atoms with Crippen molar-refractivity contribution in [3.05, 3.63) is 129 Å². The van der Waals surface area contributed by atoms with Crippen LogP contribution < -0.4 is 9.62 Å². The van der Waals surface area contributed by atoms with Crippen LogP contribution in [0.1, 0.15) is 29.2 Å². The predicted octanol–water partition coefficient (Wildman–Crippen LogP) is 6.58. The number of carbonyl (C=O) groups excluding carboxylic acids is 2. The fraction of sp³-hybridized carbons (Fsp3) is 0.235. The first-order chi connectivity index (χ1) is 21.0. The van der Waals surface area contributed by atoms with Crippen molar-refractivity contribution >= 4 is 50.7 Å². The summed E-state index contributed by atoms with van der Waals surface area (Å²) in [4.78, 5) is 29.5. The molecule has 0 heterocycles. The van der Waals surface area contributed by atoms with Gasteiger partial charge in [-0.1, -0.05) is 83.9 Å². The standard InChI is InChI=1S/C34H35Cl2N3O4S/c1-4-37-34(41)32(21-26-11-7-5-8-12-26)38(22-27-16-18-30(35)31(36)20-27)33(40)23-39(28-17-15-24(2)25(3)19-28)44(42,43)29-13-9-6-10-14-29/h5-20,32H,4,21-23H2,1-3H3,(H,37,41)/t32-/m0/s1. The highest BCUT2D eigenvalue weighted by Gasteiger charge is 2.34. The van der Waals surface area contributed by atoms with Crippen molar-refractivity contribution in [3.8, 4) is 0 Å². The smallest absolute Gasteiger partial charge is 0.264 e. The molecular weight excluding hydrogens is 617 g/mol. The molecule has 0 aliphatic rings. The second kappa shape index (κ2) is 14.8. The van der Waals surface area contributed by atoms with E-state index in [4.69, 9.17) is 23.2 Å². The van der Waals surface area contributed by atoms with Crippen molar-refractivity contribution in [2.45, 2.75) is 44.7 Å². The normalized spacial score (nSPS) is 11.9. The summed E-state index contributed by atoms with van der Waals surface area (Å²) in [6.45, 7) is 5.43. The lowest BCUT2D eigenvalue weighted by Gasteiger charge is -2.34. The maximum absolute atomic E-state index is 14.4. The van der Waals surface area contributed by atoms with Crippen LogP contribution in [0.2, 0.25) is 10.0 Å². The number of anilines is 1. The Balaban J connectivity index is 1.82. The zero-order valence-corrected chi connectivity index (χ0v) is 27.2. The molecule has 0 aliphatic carbocycles. The van der Waals surface area contributed by atoms with Gasteiger partial charge < -0.3 is 10.2 Å². The number of halogens is 2. The molecule has 4 aromatic rings. The number of nitrogens with zero attached hydrogens (tertiary/aromatic N) is 2. The molecule has 0 spiro atoms. The Morgan fingerprint density at radius 2 is 1.45 bits per heavy atom. The quantitative estimate of drug-likeness (QED) is 0.187. The Morgan fingerprint density at radius 1 is 0.795 bits per heavy atom. The lowest BCUT2D eigenvalue weighted by molar-refractivity contribution is -0.140. The molecule has 0 radical (unpaired) electrons. The van der Waals surface area contributed by atoms with E-state index in [0.717, 1.165) is 21.0 Å². The van der Waals surface area contributed by atoms with Crippen LogP contribution in [-0.4, -0.2) is 44.3 Å². The SMILES string of the molecule is CCNC(=O)[C@H](Cc1ccccc1)N(Cc1ccc(Cl)c(Cl)c1)C(=O)CN(c1ccc(C)c(C)c1)S(=O)(=O)c1ccccc1. The number of nitrogens with one attached hydrogen (secondary N) is 1. The summed E-state index contributed by atoms with van der Waals surface area (Å²) in [6, 6.07) is 26.7. The highest BCUT2D eigenvalue weighted by atomic mass is 35.5. The third-order valence-corrected chi connectivity index (χ3v) is 9.87. The third-order valence-electron chi connectivity index (χ3n) is 7.35. The molecule has 1 N–H and O–H groups in total. The van der Waals surface area contributed by atoms with E-state index in [-0.39, 0.29) is 23.8 Å². The van der Waals surface area contributed by atoms with Gasteiger partial charge in [0.25, 0.3) is 10.0 Å². The van der Waals surface area contributed by atoms with Crippen molar-refractivity contribution < 1.29 is 18.0 Å². The van der Waals surface area contributed by atoms with Crippen LogP contribution in [0.5, 0.6) is 0 Å². The molecule has 10 heteroatoms. The van der Waals surface area contributed by atoms with E-state index in [1.165, 1.54) is 17.0 Å². The molecule has 4 aromatic carbocycles. The first-order valence-electron chi connectivity index (χ1n) is 14.2. The molecule has 0 aliphatic heterocycles. The number of amides is 2. The van der Waals surface area contributed by atoms with Gasteiger partial charge in [0.15, 0.2) is 0 Å². The molecule has 0 saturated heterocycles. The molecule has 230 valence electrons. The third kappa shape index (κ3) is 8.00. The first kappa shape index (κ1) is 33.1. The van der Waals surface area contributed by atoms with Crippen LogP contribution in [0.15, 0.2) is 102 Å².